The van der Waals surface area contributed by atoms with Crippen LogP contribution in [0.3, 0.4) is 0 Å². The minimum Gasteiger partial charge on any atom is -0.344 e. The number of nitrogens with zero attached hydrogens (tertiary/aromatic N) is 3. The molecule has 306 valence electrons. The van der Waals surface area contributed by atoms with E-state index >= 15 is 0 Å². The molecule has 0 aliphatic carbocycles. The van der Waals surface area contributed by atoms with Gasteiger partial charge in [0.15, 0.2) is 18.1 Å². The average Bonchev–Trinajstić information content (AvgIpc) is 3.47. The number of pyridine rings is 1. The fourth-order valence-corrected chi connectivity index (χ4v) is 9.04. The molecule has 2 aliphatic heterocycles. The van der Waals surface area contributed by atoms with E-state index in [0.29, 0.717) is 13.0 Å². The fraction of sp³-hybridized carbons (Fsp3) is 0.444. The predicted molar refractivity (Wildman–Crippen MR) is 228 cm³/mol. The Morgan fingerprint density at radius 2 is 1.56 bits per heavy atom. The first kappa shape index (κ1) is 43.9. The van der Waals surface area contributed by atoms with Gasteiger partial charge in [0.25, 0.3) is 20.2 Å². The van der Waals surface area contributed by atoms with Crippen LogP contribution in [0, 0.1) is 6.92 Å². The van der Waals surface area contributed by atoms with E-state index in [4.69, 9.17) is 0 Å². The molecule has 0 unspecified atom stereocenters. The molecule has 0 fully saturated rings. The van der Waals surface area contributed by atoms with E-state index in [1.165, 1.54) is 6.07 Å². The maximum absolute atomic E-state index is 12.2. The van der Waals surface area contributed by atoms with Crippen molar-refractivity contribution in [3.05, 3.63) is 113 Å². The van der Waals surface area contributed by atoms with Gasteiger partial charge in [-0.3, -0.25) is 9.11 Å². The lowest BCUT2D eigenvalue weighted by atomic mass is 9.81. The number of anilines is 1. The Bertz CT molecular complexity index is 2340. The molecule has 0 spiro atoms. The normalized spacial score (nSPS) is 17.2. The van der Waals surface area contributed by atoms with E-state index < -0.39 is 31.1 Å². The molecule has 2 N–H and O–H groups in total. The number of rotatable bonds is 18. The number of unbranched alkanes of at least 4 members (excludes halogenated alkanes) is 3. The summed E-state index contributed by atoms with van der Waals surface area (Å²) >= 11 is 0. The highest BCUT2D eigenvalue weighted by Gasteiger charge is 2.45. The summed E-state index contributed by atoms with van der Waals surface area (Å²) in [4.78, 5) is 13.4. The van der Waals surface area contributed by atoms with Crippen LogP contribution in [0.25, 0.3) is 5.57 Å². The summed E-state index contributed by atoms with van der Waals surface area (Å²) in [5.74, 6) is -0.116. The van der Waals surface area contributed by atoms with Gasteiger partial charge in [0.05, 0.1) is 16.1 Å². The van der Waals surface area contributed by atoms with Gasteiger partial charge in [-0.15, -0.1) is 0 Å². The van der Waals surface area contributed by atoms with Crippen molar-refractivity contribution in [2.24, 2.45) is 0 Å². The molecule has 10 nitrogen and oxygen atoms in total. The number of ketones is 1. The third kappa shape index (κ3) is 10.5. The minimum atomic E-state index is -4.39. The molecule has 57 heavy (non-hydrogen) atoms. The second-order valence-corrected chi connectivity index (χ2v) is 19.4. The average molecular weight is 818 g/mol. The van der Waals surface area contributed by atoms with E-state index in [0.717, 1.165) is 95.8 Å². The molecule has 3 aromatic rings. The van der Waals surface area contributed by atoms with Crippen LogP contribution < -0.4 is 9.47 Å². The summed E-state index contributed by atoms with van der Waals surface area (Å²) in [6, 6.07) is 15.3. The van der Waals surface area contributed by atoms with Crippen LogP contribution in [0.15, 0.2) is 95.8 Å². The van der Waals surface area contributed by atoms with Crippen molar-refractivity contribution in [2.45, 2.75) is 116 Å². The lowest BCUT2D eigenvalue weighted by molar-refractivity contribution is -0.697. The smallest absolute Gasteiger partial charge is 0.294 e. The molecule has 0 radical (unpaired) electrons. The van der Waals surface area contributed by atoms with E-state index in [2.05, 4.69) is 123 Å². The van der Waals surface area contributed by atoms with Gasteiger partial charge < -0.3 is 9.69 Å². The van der Waals surface area contributed by atoms with E-state index in [1.807, 2.05) is 0 Å². The Kier molecular flexibility index (Phi) is 13.6. The number of fused-ring (bicyclic) bond motifs is 2. The first-order chi connectivity index (χ1) is 26.7. The zero-order valence-electron chi connectivity index (χ0n) is 34.5. The summed E-state index contributed by atoms with van der Waals surface area (Å²) in [6.07, 6.45) is 18.2. The number of aromatic nitrogens is 1. The Morgan fingerprint density at radius 3 is 2.21 bits per heavy atom. The number of aryl methyl sites for hydroxylation is 2. The second-order valence-electron chi connectivity index (χ2n) is 16.5. The number of Topliss-reactive ketones (excluding diaryl/α,β-unsaturated/α-hetero) is 1. The molecule has 3 heterocycles. The number of carbonyl (C=O) groups is 1. The Morgan fingerprint density at radius 1 is 0.842 bits per heavy atom. The minimum absolute atomic E-state index is 0.129. The summed E-state index contributed by atoms with van der Waals surface area (Å²) in [6.45, 7) is 16.3. The summed E-state index contributed by atoms with van der Waals surface area (Å²) < 4.78 is 71.6. The second kappa shape index (κ2) is 17.7. The lowest BCUT2D eigenvalue weighted by Gasteiger charge is -2.27. The molecule has 2 aromatic carbocycles. The van der Waals surface area contributed by atoms with E-state index in [-0.39, 0.29) is 22.9 Å². The van der Waals surface area contributed by atoms with Gasteiger partial charge in [-0.1, -0.05) is 51.0 Å². The van der Waals surface area contributed by atoms with Crippen molar-refractivity contribution >= 4 is 48.7 Å². The van der Waals surface area contributed by atoms with E-state index in [9.17, 15) is 30.7 Å². The van der Waals surface area contributed by atoms with Crippen molar-refractivity contribution in [1.29, 1.82) is 0 Å². The Hall–Kier alpha value is -4.23. The number of allylic oxidation sites excluding steroid dienone is 6. The van der Waals surface area contributed by atoms with Crippen molar-refractivity contribution in [3.63, 3.8) is 0 Å². The maximum atomic E-state index is 12.2. The molecule has 0 amide bonds. The number of hydrogen-bond acceptors (Lipinski definition) is 6. The molecule has 2 aliphatic rings. The number of carbonyl (C=O) groups excluding carboxylic acids is 1. The van der Waals surface area contributed by atoms with Crippen LogP contribution >= 0.6 is 0 Å². The van der Waals surface area contributed by atoms with Crippen LogP contribution in [0.2, 0.25) is 0 Å². The van der Waals surface area contributed by atoms with Crippen molar-refractivity contribution in [3.8, 4) is 0 Å². The molecule has 0 bridgehead atoms. The van der Waals surface area contributed by atoms with Crippen molar-refractivity contribution in [1.82, 2.24) is 0 Å². The van der Waals surface area contributed by atoms with Gasteiger partial charge in [0.1, 0.15) is 18.9 Å². The molecular formula is C45H59N3O7S2+2. The molecule has 12 heteroatoms. The third-order valence-corrected chi connectivity index (χ3v) is 12.9. The van der Waals surface area contributed by atoms with Gasteiger partial charge in [-0.25, -0.2) is 4.57 Å². The van der Waals surface area contributed by atoms with Gasteiger partial charge >= 0.3 is 0 Å². The van der Waals surface area contributed by atoms with Crippen LogP contribution in [-0.2, 0) is 42.4 Å². The summed E-state index contributed by atoms with van der Waals surface area (Å²) in [7, 11) is -8.51. The van der Waals surface area contributed by atoms with Crippen molar-refractivity contribution in [2.75, 3.05) is 23.7 Å². The third-order valence-electron chi connectivity index (χ3n) is 11.2. The summed E-state index contributed by atoms with van der Waals surface area (Å²) in [5, 5.41) is 0. The molecule has 5 rings (SSSR count). The van der Waals surface area contributed by atoms with Crippen molar-refractivity contribution < 1.29 is 39.9 Å². The van der Waals surface area contributed by atoms with Crippen LogP contribution in [0.5, 0.6) is 0 Å². The van der Waals surface area contributed by atoms with Gasteiger partial charge in [0, 0.05) is 72.4 Å². The standard InChI is InChI=1S/C45H57N3O7S2/c1-8-9-26-47-41-20-18-37(57(53,54)55)32-39(41)45(6,7)43(47)22-17-35(36-23-28-46(29-24-36)25-12-10-11-14-34(3)49)16-21-42-44(4,5)38-31-33(2)15-19-40(38)48(42)27-13-30-56(50,51)52/h15-24,28-29,31-32H,8-14,25-27,30H2,1-7H3/p+2. The lowest BCUT2D eigenvalue weighted by Crippen LogP contribution is -2.32. The van der Waals surface area contributed by atoms with Gasteiger partial charge in [-0.05, 0) is 94.0 Å². The largest absolute Gasteiger partial charge is 0.344 e. The van der Waals surface area contributed by atoms with Crippen LogP contribution in [0.1, 0.15) is 109 Å². The summed E-state index contributed by atoms with van der Waals surface area (Å²) in [5.41, 5.74) is 7.97. The van der Waals surface area contributed by atoms with Gasteiger partial charge in [0.2, 0.25) is 5.69 Å². The molecular weight excluding hydrogens is 759 g/mol. The maximum Gasteiger partial charge on any atom is 0.294 e. The number of hydrogen-bond donors (Lipinski definition) is 2. The monoisotopic (exact) mass is 817 g/mol. The van der Waals surface area contributed by atoms with Crippen LogP contribution in [0.4, 0.5) is 11.4 Å². The van der Waals surface area contributed by atoms with Gasteiger partial charge in [-0.2, -0.15) is 21.4 Å². The van der Waals surface area contributed by atoms with Crippen LogP contribution in [-0.4, -0.2) is 60.9 Å². The molecule has 0 atom stereocenters. The zero-order valence-corrected chi connectivity index (χ0v) is 36.1. The number of benzene rings is 2. The first-order valence-electron chi connectivity index (χ1n) is 19.9. The fourth-order valence-electron chi connectivity index (χ4n) is 8.04. The molecule has 0 saturated carbocycles. The van der Waals surface area contributed by atoms with E-state index in [1.54, 1.807) is 19.1 Å². The Labute approximate surface area is 339 Å². The first-order valence-corrected chi connectivity index (χ1v) is 23.0. The Balaban J connectivity index is 1.60. The zero-order chi connectivity index (χ0) is 41.8. The molecule has 0 saturated heterocycles. The SMILES string of the molecule is CCCC[N+]1=C(C=CC(=CC=C2N(CCCS(=O)(=O)O)c3ccc(C)cc3C2(C)C)c2cc[n+](CCCCCC(C)=O)cc2)C(C)(C)c2cc(S(=O)(=O)O)ccc21. The quantitative estimate of drug-likeness (QED) is 0.0565. The highest BCUT2D eigenvalue weighted by Crippen LogP contribution is 2.48. The topological polar surface area (TPSA) is 136 Å². The highest BCUT2D eigenvalue weighted by atomic mass is 32.2. The predicted octanol–water partition coefficient (Wildman–Crippen LogP) is 8.45. The molecule has 1 aromatic heterocycles. The highest BCUT2D eigenvalue weighted by molar-refractivity contribution is 7.86.